The van der Waals surface area contributed by atoms with Crippen LogP contribution in [0, 0.1) is 11.8 Å². The van der Waals surface area contributed by atoms with Crippen molar-refractivity contribution in [3.8, 4) is 5.75 Å². The molecular weight excluding hydrogens is 268 g/mol. The summed E-state index contributed by atoms with van der Waals surface area (Å²) in [4.78, 5) is 23.6. The number of carbonyl (C=O) groups excluding carboxylic acids is 2. The Kier molecular flexibility index (Phi) is 6.21. The number of rotatable bonds is 7. The number of hydrogen-bond acceptors (Lipinski definition) is 3. The molecule has 21 heavy (non-hydrogen) atoms. The van der Waals surface area contributed by atoms with Crippen molar-refractivity contribution in [2.45, 2.75) is 39.7 Å². The van der Waals surface area contributed by atoms with E-state index in [9.17, 15) is 14.7 Å². The van der Waals surface area contributed by atoms with Crippen LogP contribution < -0.4 is 11.1 Å². The molecule has 1 aromatic carbocycles. The number of nitrogens with two attached hydrogens (primary N) is 1. The topological polar surface area (TPSA) is 92.4 Å². The van der Waals surface area contributed by atoms with Gasteiger partial charge in [-0.1, -0.05) is 39.3 Å². The van der Waals surface area contributed by atoms with Crippen molar-refractivity contribution in [2.24, 2.45) is 17.6 Å². The minimum Gasteiger partial charge on any atom is -0.508 e. The number of amides is 2. The highest BCUT2D eigenvalue weighted by molar-refractivity contribution is 5.87. The number of hydrogen-bond donors (Lipinski definition) is 3. The predicted octanol–water partition coefficient (Wildman–Crippen LogP) is 1.59. The van der Waals surface area contributed by atoms with Crippen LogP contribution in [0.4, 0.5) is 0 Å². The van der Waals surface area contributed by atoms with Gasteiger partial charge in [0.15, 0.2) is 0 Å². The lowest BCUT2D eigenvalue weighted by Gasteiger charge is -2.23. The van der Waals surface area contributed by atoms with Crippen LogP contribution in [-0.4, -0.2) is 23.0 Å². The van der Waals surface area contributed by atoms with Crippen molar-refractivity contribution < 1.29 is 14.7 Å². The fraction of sp³-hybridized carbons (Fsp3) is 0.500. The van der Waals surface area contributed by atoms with E-state index in [2.05, 4.69) is 5.32 Å². The summed E-state index contributed by atoms with van der Waals surface area (Å²) in [6.07, 6.45) is 1.30. The van der Waals surface area contributed by atoms with Crippen molar-refractivity contribution in [3.63, 3.8) is 0 Å². The number of nitrogens with one attached hydrogen (secondary N) is 1. The Morgan fingerprint density at radius 3 is 2.29 bits per heavy atom. The molecule has 1 rings (SSSR count). The maximum Gasteiger partial charge on any atom is 0.240 e. The third kappa shape index (κ3) is 5.10. The standard InChI is InChI=1S/C16H24N2O3/c1-4-10(2)14(15(17)20)18-16(21)11(3)9-12-5-7-13(19)8-6-12/h5-8,10-11,14,19H,4,9H2,1-3H3,(H2,17,20)(H,18,21). The van der Waals surface area contributed by atoms with E-state index in [1.165, 1.54) is 0 Å². The molecule has 0 spiro atoms. The number of phenols is 1. The normalized spacial score (nSPS) is 15.0. The molecule has 0 saturated heterocycles. The summed E-state index contributed by atoms with van der Waals surface area (Å²) in [6.45, 7) is 5.64. The first-order valence-electron chi connectivity index (χ1n) is 7.22. The Balaban J connectivity index is 2.64. The van der Waals surface area contributed by atoms with E-state index in [-0.39, 0.29) is 23.5 Å². The lowest BCUT2D eigenvalue weighted by atomic mass is 9.96. The Labute approximate surface area is 125 Å². The van der Waals surface area contributed by atoms with Gasteiger partial charge in [-0.3, -0.25) is 9.59 Å². The van der Waals surface area contributed by atoms with Crippen LogP contribution in [0.1, 0.15) is 32.8 Å². The largest absolute Gasteiger partial charge is 0.508 e. The van der Waals surface area contributed by atoms with Crippen LogP contribution in [0.15, 0.2) is 24.3 Å². The van der Waals surface area contributed by atoms with Crippen LogP contribution in [-0.2, 0) is 16.0 Å². The molecule has 3 atom stereocenters. The summed E-state index contributed by atoms with van der Waals surface area (Å²) in [5, 5.41) is 12.0. The van der Waals surface area contributed by atoms with Crippen molar-refractivity contribution in [1.29, 1.82) is 0 Å². The van der Waals surface area contributed by atoms with Gasteiger partial charge in [-0.25, -0.2) is 0 Å². The fourth-order valence-electron chi connectivity index (χ4n) is 2.10. The van der Waals surface area contributed by atoms with Crippen LogP contribution in [0.3, 0.4) is 0 Å². The van der Waals surface area contributed by atoms with Crippen molar-refractivity contribution in [3.05, 3.63) is 29.8 Å². The number of benzene rings is 1. The Bertz CT molecular complexity index is 485. The highest BCUT2D eigenvalue weighted by Crippen LogP contribution is 2.14. The highest BCUT2D eigenvalue weighted by Gasteiger charge is 2.25. The smallest absolute Gasteiger partial charge is 0.240 e. The molecule has 0 fully saturated rings. The quantitative estimate of drug-likeness (QED) is 0.712. The lowest BCUT2D eigenvalue weighted by Crippen LogP contribution is -2.49. The summed E-state index contributed by atoms with van der Waals surface area (Å²) < 4.78 is 0. The van der Waals surface area contributed by atoms with Gasteiger partial charge in [0.2, 0.25) is 11.8 Å². The van der Waals surface area contributed by atoms with Gasteiger partial charge in [-0.15, -0.1) is 0 Å². The van der Waals surface area contributed by atoms with Gasteiger partial charge in [0.05, 0.1) is 0 Å². The van der Waals surface area contributed by atoms with Gasteiger partial charge < -0.3 is 16.2 Å². The summed E-state index contributed by atoms with van der Waals surface area (Å²) in [5.41, 5.74) is 6.30. The molecule has 0 radical (unpaired) electrons. The molecule has 0 bridgehead atoms. The number of phenolic OH excluding ortho intramolecular Hbond substituents is 1. The summed E-state index contributed by atoms with van der Waals surface area (Å²) >= 11 is 0. The highest BCUT2D eigenvalue weighted by atomic mass is 16.3. The van der Waals surface area contributed by atoms with E-state index in [0.717, 1.165) is 12.0 Å². The van der Waals surface area contributed by atoms with Crippen molar-refractivity contribution >= 4 is 11.8 Å². The minimum atomic E-state index is -0.634. The average molecular weight is 292 g/mol. The molecule has 2 amide bonds. The molecule has 4 N–H and O–H groups in total. The first-order valence-corrected chi connectivity index (χ1v) is 7.22. The molecule has 0 aromatic heterocycles. The van der Waals surface area contributed by atoms with E-state index in [0.29, 0.717) is 6.42 Å². The first-order chi connectivity index (χ1) is 9.85. The predicted molar refractivity (Wildman–Crippen MR) is 81.6 cm³/mol. The molecule has 1 aromatic rings. The zero-order valence-corrected chi connectivity index (χ0v) is 12.8. The van der Waals surface area contributed by atoms with Gasteiger partial charge in [-0.2, -0.15) is 0 Å². The van der Waals surface area contributed by atoms with E-state index in [4.69, 9.17) is 5.73 Å². The summed E-state index contributed by atoms with van der Waals surface area (Å²) in [6, 6.07) is 6.10. The van der Waals surface area contributed by atoms with Gasteiger partial charge >= 0.3 is 0 Å². The third-order valence-electron chi connectivity index (χ3n) is 3.74. The molecule has 5 heteroatoms. The first kappa shape index (κ1) is 17.0. The zero-order valence-electron chi connectivity index (χ0n) is 12.8. The average Bonchev–Trinajstić information content (AvgIpc) is 2.45. The van der Waals surface area contributed by atoms with Crippen LogP contribution in [0.5, 0.6) is 5.75 Å². The second-order valence-corrected chi connectivity index (χ2v) is 5.55. The molecule has 116 valence electrons. The Hall–Kier alpha value is -2.04. The molecule has 0 aliphatic heterocycles. The summed E-state index contributed by atoms with van der Waals surface area (Å²) in [7, 11) is 0. The molecule has 0 saturated carbocycles. The van der Waals surface area contributed by atoms with Gasteiger partial charge in [0.1, 0.15) is 11.8 Å². The maximum absolute atomic E-state index is 12.2. The van der Waals surface area contributed by atoms with Crippen LogP contribution in [0.2, 0.25) is 0 Å². The Morgan fingerprint density at radius 1 is 1.24 bits per heavy atom. The van der Waals surface area contributed by atoms with E-state index in [1.54, 1.807) is 31.2 Å². The third-order valence-corrected chi connectivity index (χ3v) is 3.74. The monoisotopic (exact) mass is 292 g/mol. The molecule has 0 aliphatic carbocycles. The molecular formula is C16H24N2O3. The zero-order chi connectivity index (χ0) is 16.0. The maximum atomic E-state index is 12.2. The van der Waals surface area contributed by atoms with Gasteiger partial charge in [0.25, 0.3) is 0 Å². The summed E-state index contributed by atoms with van der Waals surface area (Å²) in [5.74, 6) is -0.768. The molecule has 0 aliphatic rings. The number of carbonyl (C=O) groups is 2. The molecule has 3 unspecified atom stereocenters. The van der Waals surface area contributed by atoms with Crippen molar-refractivity contribution in [2.75, 3.05) is 0 Å². The van der Waals surface area contributed by atoms with E-state index >= 15 is 0 Å². The Morgan fingerprint density at radius 2 is 1.81 bits per heavy atom. The fourth-order valence-corrected chi connectivity index (χ4v) is 2.10. The lowest BCUT2D eigenvalue weighted by molar-refractivity contribution is -0.130. The molecule has 0 heterocycles. The SMILES string of the molecule is CCC(C)C(NC(=O)C(C)Cc1ccc(O)cc1)C(N)=O. The van der Waals surface area contributed by atoms with E-state index < -0.39 is 11.9 Å². The van der Waals surface area contributed by atoms with E-state index in [1.807, 2.05) is 13.8 Å². The molecule has 5 nitrogen and oxygen atoms in total. The number of primary amides is 1. The van der Waals surface area contributed by atoms with Crippen LogP contribution in [0.25, 0.3) is 0 Å². The van der Waals surface area contributed by atoms with Crippen molar-refractivity contribution in [1.82, 2.24) is 5.32 Å². The second kappa shape index (κ2) is 7.67. The second-order valence-electron chi connectivity index (χ2n) is 5.55. The van der Waals surface area contributed by atoms with Gasteiger partial charge in [0, 0.05) is 5.92 Å². The van der Waals surface area contributed by atoms with Gasteiger partial charge in [-0.05, 0) is 30.0 Å². The minimum absolute atomic E-state index is 0.00678. The number of aromatic hydroxyl groups is 1. The van der Waals surface area contributed by atoms with Crippen LogP contribution >= 0.6 is 0 Å².